The summed E-state index contributed by atoms with van der Waals surface area (Å²) in [5, 5.41) is 12.4. The largest absolute Gasteiger partial charge is 0.398 e. The van der Waals surface area contributed by atoms with E-state index in [1.807, 2.05) is 24.3 Å². The average Bonchev–Trinajstić information content (AvgIpc) is 2.21. The molecule has 0 aliphatic carbocycles. The highest BCUT2D eigenvalue weighted by molar-refractivity contribution is 5.46. The summed E-state index contributed by atoms with van der Waals surface area (Å²) in [6.07, 6.45) is 0. The zero-order valence-corrected chi connectivity index (χ0v) is 9.40. The van der Waals surface area contributed by atoms with Gasteiger partial charge in [-0.15, -0.1) is 0 Å². The smallest absolute Gasteiger partial charge is 0.0587 e. The highest BCUT2D eigenvalue weighted by Gasteiger charge is 2.11. The topological polar surface area (TPSA) is 58.3 Å². The first-order valence-electron chi connectivity index (χ1n) is 5.32. The van der Waals surface area contributed by atoms with Gasteiger partial charge in [-0.3, -0.25) is 0 Å². The zero-order valence-electron chi connectivity index (χ0n) is 9.40. The lowest BCUT2D eigenvalue weighted by Crippen LogP contribution is -2.36. The molecular weight excluding hydrogens is 188 g/mol. The Kier molecular flexibility index (Phi) is 4.59. The molecule has 0 spiro atoms. The van der Waals surface area contributed by atoms with Crippen LogP contribution in [-0.2, 0) is 6.54 Å². The molecule has 0 bridgehead atoms. The van der Waals surface area contributed by atoms with Crippen molar-refractivity contribution in [1.29, 1.82) is 0 Å². The monoisotopic (exact) mass is 208 g/mol. The highest BCUT2D eigenvalue weighted by Crippen LogP contribution is 2.11. The predicted molar refractivity (Wildman–Crippen MR) is 63.4 cm³/mol. The molecule has 0 fully saturated rings. The first kappa shape index (κ1) is 12.0. The van der Waals surface area contributed by atoms with Gasteiger partial charge in [-0.1, -0.05) is 32.0 Å². The van der Waals surface area contributed by atoms with Gasteiger partial charge in [-0.05, 0) is 17.5 Å². The molecule has 84 valence electrons. The summed E-state index contributed by atoms with van der Waals surface area (Å²) < 4.78 is 0. The van der Waals surface area contributed by atoms with Gasteiger partial charge >= 0.3 is 0 Å². The standard InChI is InChI=1S/C12H20N2O/c1-9(2)12(8-15)14-7-10-5-3-4-6-11(10)13/h3-6,9,12,14-15H,7-8,13H2,1-2H3/t12-/m1/s1. The molecule has 1 atom stereocenters. The molecule has 0 radical (unpaired) electrons. The fourth-order valence-electron chi connectivity index (χ4n) is 1.45. The van der Waals surface area contributed by atoms with Crippen LogP contribution in [0.25, 0.3) is 0 Å². The van der Waals surface area contributed by atoms with Crippen molar-refractivity contribution in [3.63, 3.8) is 0 Å². The average molecular weight is 208 g/mol. The zero-order chi connectivity index (χ0) is 11.3. The normalized spacial score (nSPS) is 13.1. The number of para-hydroxylation sites is 1. The number of aliphatic hydroxyl groups excluding tert-OH is 1. The number of benzene rings is 1. The third kappa shape index (κ3) is 3.53. The Morgan fingerprint density at radius 1 is 1.33 bits per heavy atom. The second kappa shape index (κ2) is 5.73. The lowest BCUT2D eigenvalue weighted by atomic mass is 10.0. The van der Waals surface area contributed by atoms with Gasteiger partial charge in [-0.2, -0.15) is 0 Å². The number of hydrogen-bond acceptors (Lipinski definition) is 3. The van der Waals surface area contributed by atoms with Gasteiger partial charge in [-0.25, -0.2) is 0 Å². The molecule has 0 aliphatic heterocycles. The molecule has 1 rings (SSSR count). The third-order valence-corrected chi connectivity index (χ3v) is 2.61. The molecule has 0 aromatic heterocycles. The molecule has 0 heterocycles. The van der Waals surface area contributed by atoms with Crippen molar-refractivity contribution in [2.45, 2.75) is 26.4 Å². The van der Waals surface area contributed by atoms with E-state index in [1.165, 1.54) is 0 Å². The molecule has 1 aromatic carbocycles. The van der Waals surface area contributed by atoms with Crippen LogP contribution in [0.5, 0.6) is 0 Å². The SMILES string of the molecule is CC(C)[C@@H](CO)NCc1ccccc1N. The van der Waals surface area contributed by atoms with Crippen molar-refractivity contribution in [2.75, 3.05) is 12.3 Å². The van der Waals surface area contributed by atoms with E-state index in [0.717, 1.165) is 11.3 Å². The maximum Gasteiger partial charge on any atom is 0.0587 e. The molecule has 3 nitrogen and oxygen atoms in total. The molecule has 0 amide bonds. The van der Waals surface area contributed by atoms with Crippen LogP contribution >= 0.6 is 0 Å². The molecule has 0 saturated carbocycles. The highest BCUT2D eigenvalue weighted by atomic mass is 16.3. The van der Waals surface area contributed by atoms with Crippen molar-refractivity contribution >= 4 is 5.69 Å². The first-order chi connectivity index (χ1) is 7.15. The molecule has 3 heteroatoms. The number of rotatable bonds is 5. The Morgan fingerprint density at radius 2 is 2.00 bits per heavy atom. The fourth-order valence-corrected chi connectivity index (χ4v) is 1.45. The Labute approximate surface area is 91.3 Å². The third-order valence-electron chi connectivity index (χ3n) is 2.61. The van der Waals surface area contributed by atoms with Crippen LogP contribution in [0, 0.1) is 5.92 Å². The van der Waals surface area contributed by atoms with Gasteiger partial charge < -0.3 is 16.2 Å². The number of nitrogens with two attached hydrogens (primary N) is 1. The summed E-state index contributed by atoms with van der Waals surface area (Å²) in [5.74, 6) is 0.417. The fraction of sp³-hybridized carbons (Fsp3) is 0.500. The van der Waals surface area contributed by atoms with Crippen molar-refractivity contribution in [1.82, 2.24) is 5.32 Å². The molecular formula is C12H20N2O. The summed E-state index contributed by atoms with van der Waals surface area (Å²) in [7, 11) is 0. The minimum absolute atomic E-state index is 0.129. The van der Waals surface area contributed by atoms with Crippen LogP contribution in [0.15, 0.2) is 24.3 Å². The van der Waals surface area contributed by atoms with Gasteiger partial charge in [0.25, 0.3) is 0 Å². The van der Waals surface area contributed by atoms with Gasteiger partial charge in [0.1, 0.15) is 0 Å². The summed E-state index contributed by atoms with van der Waals surface area (Å²) in [6, 6.07) is 7.91. The molecule has 0 aliphatic rings. The second-order valence-corrected chi connectivity index (χ2v) is 4.11. The maximum absolute atomic E-state index is 9.15. The Morgan fingerprint density at radius 3 is 2.53 bits per heavy atom. The molecule has 4 N–H and O–H groups in total. The van der Waals surface area contributed by atoms with Crippen molar-refractivity contribution in [2.24, 2.45) is 5.92 Å². The minimum atomic E-state index is 0.129. The van der Waals surface area contributed by atoms with Crippen LogP contribution in [0.4, 0.5) is 5.69 Å². The number of anilines is 1. The van der Waals surface area contributed by atoms with E-state index < -0.39 is 0 Å². The molecule has 15 heavy (non-hydrogen) atoms. The number of aliphatic hydroxyl groups is 1. The summed E-state index contributed by atoms with van der Waals surface area (Å²) in [5.41, 5.74) is 7.70. The quantitative estimate of drug-likeness (QED) is 0.641. The molecule has 1 aromatic rings. The van der Waals surface area contributed by atoms with Gasteiger partial charge in [0.2, 0.25) is 0 Å². The van der Waals surface area contributed by atoms with E-state index in [4.69, 9.17) is 10.8 Å². The van der Waals surface area contributed by atoms with Crippen molar-refractivity contribution < 1.29 is 5.11 Å². The lowest BCUT2D eigenvalue weighted by molar-refractivity contribution is 0.210. The van der Waals surface area contributed by atoms with Gasteiger partial charge in [0.05, 0.1) is 6.61 Å². The Balaban J connectivity index is 2.53. The van der Waals surface area contributed by atoms with E-state index >= 15 is 0 Å². The van der Waals surface area contributed by atoms with Crippen LogP contribution in [0.1, 0.15) is 19.4 Å². The first-order valence-corrected chi connectivity index (χ1v) is 5.32. The van der Waals surface area contributed by atoms with Gasteiger partial charge in [0.15, 0.2) is 0 Å². The number of nitrogen functional groups attached to an aromatic ring is 1. The van der Waals surface area contributed by atoms with E-state index in [0.29, 0.717) is 12.5 Å². The summed E-state index contributed by atoms with van der Waals surface area (Å²) in [4.78, 5) is 0. The van der Waals surface area contributed by atoms with Crippen LogP contribution < -0.4 is 11.1 Å². The van der Waals surface area contributed by atoms with E-state index in [-0.39, 0.29) is 12.6 Å². The van der Waals surface area contributed by atoms with E-state index in [9.17, 15) is 0 Å². The lowest BCUT2D eigenvalue weighted by Gasteiger charge is -2.20. The van der Waals surface area contributed by atoms with Crippen LogP contribution in [0.2, 0.25) is 0 Å². The predicted octanol–water partition coefficient (Wildman–Crippen LogP) is 1.38. The second-order valence-electron chi connectivity index (χ2n) is 4.11. The Bertz CT molecular complexity index is 299. The van der Waals surface area contributed by atoms with Crippen molar-refractivity contribution in [3.05, 3.63) is 29.8 Å². The maximum atomic E-state index is 9.15. The van der Waals surface area contributed by atoms with Crippen molar-refractivity contribution in [3.8, 4) is 0 Å². The summed E-state index contributed by atoms with van der Waals surface area (Å²) in [6.45, 7) is 5.03. The molecule has 0 saturated heterocycles. The number of hydrogen-bond donors (Lipinski definition) is 3. The summed E-state index contributed by atoms with van der Waals surface area (Å²) >= 11 is 0. The minimum Gasteiger partial charge on any atom is -0.398 e. The number of nitrogens with one attached hydrogen (secondary N) is 1. The molecule has 0 unspecified atom stereocenters. The van der Waals surface area contributed by atoms with E-state index in [1.54, 1.807) is 0 Å². The van der Waals surface area contributed by atoms with Crippen LogP contribution in [0.3, 0.4) is 0 Å². The van der Waals surface area contributed by atoms with Crippen LogP contribution in [-0.4, -0.2) is 17.8 Å². The van der Waals surface area contributed by atoms with E-state index in [2.05, 4.69) is 19.2 Å². The Hall–Kier alpha value is -1.06. The van der Waals surface area contributed by atoms with Gasteiger partial charge in [0, 0.05) is 18.3 Å².